The first kappa shape index (κ1) is 13.3. The molecule has 1 N–H and O–H groups in total. The molecule has 0 radical (unpaired) electrons. The highest BCUT2D eigenvalue weighted by Crippen LogP contribution is 2.27. The van der Waals surface area contributed by atoms with Crippen LogP contribution in [-0.2, 0) is 0 Å². The van der Waals surface area contributed by atoms with Gasteiger partial charge in [0.1, 0.15) is 5.15 Å². The lowest BCUT2D eigenvalue weighted by Crippen LogP contribution is -2.16. The lowest BCUT2D eigenvalue weighted by atomic mass is 10.1. The van der Waals surface area contributed by atoms with E-state index >= 15 is 0 Å². The Balaban J connectivity index is 2.76. The van der Waals surface area contributed by atoms with Gasteiger partial charge in [0.2, 0.25) is 0 Å². The van der Waals surface area contributed by atoms with Gasteiger partial charge in [0, 0.05) is 6.04 Å². The molecule has 0 saturated carbocycles. The number of nitrogens with zero attached hydrogens (tertiary/aromatic N) is 1. The first-order valence-corrected chi connectivity index (χ1v) is 6.00. The maximum Gasteiger partial charge on any atom is 0.154 e. The van der Waals surface area contributed by atoms with Crippen LogP contribution in [-0.4, -0.2) is 11.0 Å². The van der Waals surface area contributed by atoms with Crippen LogP contribution in [0.4, 0.5) is 5.69 Å². The molecule has 0 fully saturated rings. The molecule has 0 saturated heterocycles. The second kappa shape index (κ2) is 6.12. The minimum absolute atomic E-state index is 0.331. The SMILES string of the molecule is C=CCCC(C)Nc1c(C)cc(Cl)nc1Cl. The minimum Gasteiger partial charge on any atom is -0.380 e. The molecule has 1 heterocycles. The lowest BCUT2D eigenvalue weighted by molar-refractivity contribution is 0.718. The molecule has 2 nitrogen and oxygen atoms in total. The maximum atomic E-state index is 6.03. The van der Waals surface area contributed by atoms with Crippen molar-refractivity contribution in [1.29, 1.82) is 0 Å². The topological polar surface area (TPSA) is 24.9 Å². The number of aryl methyl sites for hydroxylation is 1. The molecule has 0 amide bonds. The number of allylic oxidation sites excluding steroid dienone is 1. The zero-order valence-corrected chi connectivity index (χ0v) is 11.1. The van der Waals surface area contributed by atoms with E-state index in [0.29, 0.717) is 16.3 Å². The average Bonchev–Trinajstić information content (AvgIpc) is 2.20. The third-order valence-corrected chi connectivity index (χ3v) is 2.80. The number of nitrogens with one attached hydrogen (secondary N) is 1. The summed E-state index contributed by atoms with van der Waals surface area (Å²) in [6.07, 6.45) is 3.90. The van der Waals surface area contributed by atoms with Crippen LogP contribution in [0.2, 0.25) is 10.3 Å². The van der Waals surface area contributed by atoms with Crippen LogP contribution in [0.15, 0.2) is 18.7 Å². The Morgan fingerprint density at radius 2 is 2.25 bits per heavy atom. The van der Waals surface area contributed by atoms with E-state index in [0.717, 1.165) is 24.1 Å². The Morgan fingerprint density at radius 3 is 2.81 bits per heavy atom. The Morgan fingerprint density at radius 1 is 1.56 bits per heavy atom. The van der Waals surface area contributed by atoms with Crippen molar-refractivity contribution < 1.29 is 0 Å². The fourth-order valence-electron chi connectivity index (χ4n) is 1.46. The van der Waals surface area contributed by atoms with Crippen molar-refractivity contribution in [2.24, 2.45) is 0 Å². The largest absolute Gasteiger partial charge is 0.380 e. The molecular formula is C12H16Cl2N2. The zero-order valence-electron chi connectivity index (χ0n) is 9.56. The van der Waals surface area contributed by atoms with Gasteiger partial charge in [-0.25, -0.2) is 4.98 Å². The van der Waals surface area contributed by atoms with Crippen LogP contribution in [0, 0.1) is 6.92 Å². The normalized spacial score (nSPS) is 12.2. The predicted octanol–water partition coefficient (Wildman–Crippen LogP) is 4.46. The van der Waals surface area contributed by atoms with Crippen molar-refractivity contribution in [3.05, 3.63) is 34.6 Å². The fraction of sp³-hybridized carbons (Fsp3) is 0.417. The summed E-state index contributed by atoms with van der Waals surface area (Å²) in [4.78, 5) is 4.02. The van der Waals surface area contributed by atoms with E-state index in [1.807, 2.05) is 13.0 Å². The van der Waals surface area contributed by atoms with Crippen molar-refractivity contribution >= 4 is 28.9 Å². The molecule has 0 aliphatic carbocycles. The fourth-order valence-corrected chi connectivity index (χ4v) is 2.04. The average molecular weight is 259 g/mol. The summed E-state index contributed by atoms with van der Waals surface area (Å²) in [5.41, 5.74) is 1.87. The quantitative estimate of drug-likeness (QED) is 0.623. The van der Waals surface area contributed by atoms with Gasteiger partial charge in [-0.3, -0.25) is 0 Å². The zero-order chi connectivity index (χ0) is 12.1. The van der Waals surface area contributed by atoms with Gasteiger partial charge in [-0.1, -0.05) is 29.3 Å². The maximum absolute atomic E-state index is 6.03. The summed E-state index contributed by atoms with van der Waals surface area (Å²) in [6, 6.07) is 2.13. The number of anilines is 1. The van der Waals surface area contributed by atoms with E-state index < -0.39 is 0 Å². The Hall–Kier alpha value is -0.730. The molecule has 16 heavy (non-hydrogen) atoms. The van der Waals surface area contributed by atoms with E-state index in [9.17, 15) is 0 Å². The van der Waals surface area contributed by atoms with E-state index in [1.54, 1.807) is 6.07 Å². The molecule has 0 aromatic carbocycles. The molecule has 1 unspecified atom stereocenters. The Bertz CT molecular complexity index is 354. The molecule has 1 rings (SSSR count). The summed E-state index contributed by atoms with van der Waals surface area (Å²) < 4.78 is 0. The molecule has 0 bridgehead atoms. The van der Waals surface area contributed by atoms with Gasteiger partial charge in [-0.05, 0) is 38.3 Å². The first-order chi connectivity index (χ1) is 7.54. The monoisotopic (exact) mass is 258 g/mol. The number of hydrogen-bond acceptors (Lipinski definition) is 2. The molecule has 1 atom stereocenters. The van der Waals surface area contributed by atoms with Gasteiger partial charge in [0.05, 0.1) is 5.69 Å². The van der Waals surface area contributed by atoms with Crippen molar-refractivity contribution in [3.63, 3.8) is 0 Å². The number of rotatable bonds is 5. The standard InChI is InChI=1S/C12H16Cl2N2/c1-4-5-6-9(3)15-11-8(2)7-10(13)16-12(11)14/h4,7,9,15H,1,5-6H2,2-3H3. The van der Waals surface area contributed by atoms with Gasteiger partial charge in [0.15, 0.2) is 5.15 Å². The van der Waals surface area contributed by atoms with E-state index in [2.05, 4.69) is 23.8 Å². The Kier molecular flexibility index (Phi) is 5.10. The highest BCUT2D eigenvalue weighted by Gasteiger charge is 2.09. The Labute approximate surface area is 107 Å². The molecule has 0 spiro atoms. The molecular weight excluding hydrogens is 243 g/mol. The second-order valence-corrected chi connectivity index (χ2v) is 4.58. The first-order valence-electron chi connectivity index (χ1n) is 5.24. The van der Waals surface area contributed by atoms with E-state index in [-0.39, 0.29) is 0 Å². The van der Waals surface area contributed by atoms with Crippen LogP contribution >= 0.6 is 23.2 Å². The van der Waals surface area contributed by atoms with E-state index in [4.69, 9.17) is 23.2 Å². The van der Waals surface area contributed by atoms with Crippen molar-refractivity contribution in [3.8, 4) is 0 Å². The molecule has 1 aromatic heterocycles. The molecule has 4 heteroatoms. The van der Waals surface area contributed by atoms with Crippen molar-refractivity contribution in [1.82, 2.24) is 4.98 Å². The summed E-state index contributed by atoms with van der Waals surface area (Å²) in [6.45, 7) is 7.77. The lowest BCUT2D eigenvalue weighted by Gasteiger charge is -2.17. The number of halogens is 2. The second-order valence-electron chi connectivity index (χ2n) is 3.84. The van der Waals surface area contributed by atoms with Gasteiger partial charge in [0.25, 0.3) is 0 Å². The highest BCUT2D eigenvalue weighted by molar-refractivity contribution is 6.34. The minimum atomic E-state index is 0.331. The summed E-state index contributed by atoms with van der Waals surface area (Å²) >= 11 is 11.8. The van der Waals surface area contributed by atoms with Crippen molar-refractivity contribution in [2.75, 3.05) is 5.32 Å². The van der Waals surface area contributed by atoms with Crippen LogP contribution < -0.4 is 5.32 Å². The van der Waals surface area contributed by atoms with Gasteiger partial charge < -0.3 is 5.32 Å². The van der Waals surface area contributed by atoms with Crippen molar-refractivity contribution in [2.45, 2.75) is 32.7 Å². The predicted molar refractivity (Wildman–Crippen MR) is 71.5 cm³/mol. The van der Waals surface area contributed by atoms with Gasteiger partial charge in [-0.2, -0.15) is 0 Å². The third-order valence-electron chi connectivity index (χ3n) is 2.34. The molecule has 1 aromatic rings. The van der Waals surface area contributed by atoms with Crippen LogP contribution in [0.3, 0.4) is 0 Å². The number of aromatic nitrogens is 1. The summed E-state index contributed by atoms with van der Waals surface area (Å²) in [7, 11) is 0. The van der Waals surface area contributed by atoms with E-state index in [1.165, 1.54) is 0 Å². The van der Waals surface area contributed by atoms with Crippen LogP contribution in [0.1, 0.15) is 25.3 Å². The molecule has 0 aliphatic rings. The summed E-state index contributed by atoms with van der Waals surface area (Å²) in [5.74, 6) is 0. The highest BCUT2D eigenvalue weighted by atomic mass is 35.5. The number of hydrogen-bond donors (Lipinski definition) is 1. The smallest absolute Gasteiger partial charge is 0.154 e. The van der Waals surface area contributed by atoms with Crippen LogP contribution in [0.25, 0.3) is 0 Å². The van der Waals surface area contributed by atoms with Crippen LogP contribution in [0.5, 0.6) is 0 Å². The molecule has 0 aliphatic heterocycles. The number of pyridine rings is 1. The molecule has 88 valence electrons. The van der Waals surface area contributed by atoms with Gasteiger partial charge in [-0.15, -0.1) is 6.58 Å². The third kappa shape index (κ3) is 3.69. The summed E-state index contributed by atoms with van der Waals surface area (Å²) in [5, 5.41) is 4.19. The van der Waals surface area contributed by atoms with Gasteiger partial charge >= 0.3 is 0 Å².